The average molecular weight is 440 g/mol. The summed E-state index contributed by atoms with van der Waals surface area (Å²) in [5, 5.41) is -0.0962. The Kier molecular flexibility index (Phi) is 6.30. The van der Waals surface area contributed by atoms with Crippen LogP contribution in [0.25, 0.3) is 10.9 Å². The Morgan fingerprint density at radius 3 is 2.33 bits per heavy atom. The second kappa shape index (κ2) is 8.58. The summed E-state index contributed by atoms with van der Waals surface area (Å²) in [5.74, 6) is 0. The van der Waals surface area contributed by atoms with Crippen LogP contribution in [0.5, 0.6) is 0 Å². The van der Waals surface area contributed by atoms with Crippen LogP contribution in [0.4, 0.5) is 13.2 Å². The fourth-order valence-electron chi connectivity index (χ4n) is 3.03. The highest BCUT2D eigenvalue weighted by atomic mass is 32.2. The molecule has 0 unspecified atom stereocenters. The third-order valence-electron chi connectivity index (χ3n) is 4.45. The fourth-order valence-corrected chi connectivity index (χ4v) is 4.04. The monoisotopic (exact) mass is 440 g/mol. The maximum absolute atomic E-state index is 13.3. The number of aromatic amines is 1. The van der Waals surface area contributed by atoms with Gasteiger partial charge in [-0.25, -0.2) is 13.1 Å². The van der Waals surface area contributed by atoms with E-state index in [4.69, 9.17) is 4.74 Å². The first-order valence-electron chi connectivity index (χ1n) is 8.91. The Morgan fingerprint density at radius 1 is 1.03 bits per heavy atom. The normalized spacial score (nSPS) is 12.4. The molecule has 0 saturated carbocycles. The van der Waals surface area contributed by atoms with Gasteiger partial charge in [-0.05, 0) is 41.8 Å². The number of rotatable bonds is 7. The topological polar surface area (TPSA) is 88.3 Å². The number of benzene rings is 2. The first kappa shape index (κ1) is 22.0. The Morgan fingerprint density at radius 2 is 1.70 bits per heavy atom. The number of alkyl halides is 3. The van der Waals surface area contributed by atoms with E-state index in [2.05, 4.69) is 9.71 Å². The molecule has 0 radical (unpaired) electrons. The van der Waals surface area contributed by atoms with E-state index in [0.717, 1.165) is 5.56 Å². The lowest BCUT2D eigenvalue weighted by atomic mass is 10.0. The van der Waals surface area contributed by atoms with E-state index < -0.39 is 27.3 Å². The summed E-state index contributed by atoms with van der Waals surface area (Å²) in [6.45, 7) is 0.381. The maximum Gasteiger partial charge on any atom is 0.417 e. The van der Waals surface area contributed by atoms with E-state index in [9.17, 15) is 26.4 Å². The Labute approximate surface area is 170 Å². The lowest BCUT2D eigenvalue weighted by molar-refractivity contribution is -0.136. The summed E-state index contributed by atoms with van der Waals surface area (Å²) in [4.78, 5) is 14.0. The fraction of sp³-hybridized carbons (Fsp3) is 0.250. The SMILES string of the molecule is COCCNS(=O)(=O)c1ccc(Cc2ccc3[nH]c(=O)cc(C(F)(F)F)c3c2)cc1. The molecule has 0 aliphatic rings. The smallest absolute Gasteiger partial charge is 0.383 e. The van der Waals surface area contributed by atoms with Crippen LogP contribution in [0.3, 0.4) is 0 Å². The molecule has 3 aromatic rings. The molecule has 0 bridgehead atoms. The van der Waals surface area contributed by atoms with E-state index in [1.54, 1.807) is 18.2 Å². The Bertz CT molecular complexity index is 1200. The summed E-state index contributed by atoms with van der Waals surface area (Å²) >= 11 is 0. The van der Waals surface area contributed by atoms with Crippen LogP contribution in [-0.4, -0.2) is 33.7 Å². The molecule has 10 heteroatoms. The first-order chi connectivity index (χ1) is 14.1. The van der Waals surface area contributed by atoms with Gasteiger partial charge < -0.3 is 9.72 Å². The molecule has 0 saturated heterocycles. The molecule has 2 N–H and O–H groups in total. The summed E-state index contributed by atoms with van der Waals surface area (Å²) in [6.07, 6.45) is -4.36. The van der Waals surface area contributed by atoms with E-state index >= 15 is 0 Å². The highest BCUT2D eigenvalue weighted by molar-refractivity contribution is 7.89. The second-order valence-electron chi connectivity index (χ2n) is 6.64. The molecule has 0 atom stereocenters. The van der Waals surface area contributed by atoms with E-state index in [0.29, 0.717) is 18.1 Å². The van der Waals surface area contributed by atoms with Crippen LogP contribution in [0.2, 0.25) is 0 Å². The van der Waals surface area contributed by atoms with Gasteiger partial charge in [0.15, 0.2) is 0 Å². The molecule has 1 aromatic heterocycles. The maximum atomic E-state index is 13.3. The van der Waals surface area contributed by atoms with Crippen molar-refractivity contribution in [3.8, 4) is 0 Å². The number of hydrogen-bond donors (Lipinski definition) is 2. The molecule has 30 heavy (non-hydrogen) atoms. The van der Waals surface area contributed by atoms with Crippen LogP contribution in [0.15, 0.2) is 58.2 Å². The van der Waals surface area contributed by atoms with Gasteiger partial charge in [-0.1, -0.05) is 18.2 Å². The van der Waals surface area contributed by atoms with Crippen molar-refractivity contribution in [3.05, 3.63) is 75.6 Å². The lowest BCUT2D eigenvalue weighted by Gasteiger charge is -2.11. The van der Waals surface area contributed by atoms with Crippen LogP contribution < -0.4 is 10.3 Å². The molecule has 0 fully saturated rings. The highest BCUT2D eigenvalue weighted by Gasteiger charge is 2.33. The van der Waals surface area contributed by atoms with Crippen LogP contribution >= 0.6 is 0 Å². The molecule has 160 valence electrons. The van der Waals surface area contributed by atoms with Gasteiger partial charge in [-0.3, -0.25) is 4.79 Å². The largest absolute Gasteiger partial charge is 0.417 e. The first-order valence-corrected chi connectivity index (χ1v) is 10.4. The number of H-pyrrole nitrogens is 1. The van der Waals surface area contributed by atoms with Gasteiger partial charge in [0, 0.05) is 30.6 Å². The number of ether oxygens (including phenoxy) is 1. The standard InChI is InChI=1S/C20H19F3N2O4S/c1-29-9-8-24-30(27,28)15-5-2-13(3-6-15)10-14-4-7-18-16(11-14)17(20(21,22)23)12-19(26)25-18/h2-7,11-12,24H,8-10H2,1H3,(H,25,26). The number of halogens is 3. The minimum Gasteiger partial charge on any atom is -0.383 e. The van der Waals surface area contributed by atoms with Gasteiger partial charge >= 0.3 is 6.18 Å². The van der Waals surface area contributed by atoms with Crippen LogP contribution in [0.1, 0.15) is 16.7 Å². The Balaban J connectivity index is 1.86. The zero-order valence-corrected chi connectivity index (χ0v) is 16.7. The minimum absolute atomic E-state index is 0.0813. The van der Waals surface area contributed by atoms with Crippen molar-refractivity contribution in [2.75, 3.05) is 20.3 Å². The summed E-state index contributed by atoms with van der Waals surface area (Å²) in [6, 6.07) is 11.1. The van der Waals surface area contributed by atoms with Crippen molar-refractivity contribution in [3.63, 3.8) is 0 Å². The molecule has 1 heterocycles. The minimum atomic E-state index is -4.66. The second-order valence-corrected chi connectivity index (χ2v) is 8.40. The lowest BCUT2D eigenvalue weighted by Crippen LogP contribution is -2.27. The van der Waals surface area contributed by atoms with E-state index in [1.807, 2.05) is 0 Å². The number of aromatic nitrogens is 1. The predicted octanol–water partition coefficient (Wildman–Crippen LogP) is 3.06. The molecule has 6 nitrogen and oxygen atoms in total. The quantitative estimate of drug-likeness (QED) is 0.553. The molecule has 0 amide bonds. The van der Waals surface area contributed by atoms with Crippen molar-refractivity contribution < 1.29 is 26.3 Å². The van der Waals surface area contributed by atoms with Gasteiger partial charge in [-0.15, -0.1) is 0 Å². The molecular formula is C20H19F3N2O4S. The highest BCUT2D eigenvalue weighted by Crippen LogP contribution is 2.33. The number of hydrogen-bond acceptors (Lipinski definition) is 4. The molecule has 3 rings (SSSR count). The van der Waals surface area contributed by atoms with Crippen molar-refractivity contribution in [2.45, 2.75) is 17.5 Å². The number of pyridine rings is 1. The van der Waals surface area contributed by atoms with Gasteiger partial charge in [0.05, 0.1) is 17.1 Å². The number of sulfonamides is 1. The Hall–Kier alpha value is -2.69. The van der Waals surface area contributed by atoms with Gasteiger partial charge in [0.2, 0.25) is 15.6 Å². The number of nitrogens with one attached hydrogen (secondary N) is 2. The zero-order chi connectivity index (χ0) is 21.9. The van der Waals surface area contributed by atoms with E-state index in [-0.39, 0.29) is 29.0 Å². The van der Waals surface area contributed by atoms with Crippen molar-refractivity contribution in [1.29, 1.82) is 0 Å². The van der Waals surface area contributed by atoms with Crippen LogP contribution in [0, 0.1) is 0 Å². The third-order valence-corrected chi connectivity index (χ3v) is 5.93. The van der Waals surface area contributed by atoms with E-state index in [1.165, 1.54) is 31.4 Å². The van der Waals surface area contributed by atoms with Crippen molar-refractivity contribution >= 4 is 20.9 Å². The van der Waals surface area contributed by atoms with Gasteiger partial charge in [0.25, 0.3) is 0 Å². The summed E-state index contributed by atoms with van der Waals surface area (Å²) < 4.78 is 71.5. The van der Waals surface area contributed by atoms with Crippen molar-refractivity contribution in [1.82, 2.24) is 9.71 Å². The number of fused-ring (bicyclic) bond motifs is 1. The summed E-state index contributed by atoms with van der Waals surface area (Å²) in [5.41, 5.74) is -0.399. The molecule has 0 aliphatic carbocycles. The predicted molar refractivity (Wildman–Crippen MR) is 106 cm³/mol. The molecule has 2 aromatic carbocycles. The third kappa shape index (κ3) is 5.07. The summed E-state index contributed by atoms with van der Waals surface area (Å²) in [7, 11) is -2.20. The van der Waals surface area contributed by atoms with Crippen LogP contribution in [-0.2, 0) is 27.4 Å². The van der Waals surface area contributed by atoms with Crippen molar-refractivity contribution in [2.24, 2.45) is 0 Å². The molecule has 0 spiro atoms. The molecule has 0 aliphatic heterocycles. The average Bonchev–Trinajstić information content (AvgIpc) is 2.67. The van der Waals surface area contributed by atoms with Gasteiger partial charge in [-0.2, -0.15) is 13.2 Å². The van der Waals surface area contributed by atoms with Gasteiger partial charge in [0.1, 0.15) is 0 Å². The zero-order valence-electron chi connectivity index (χ0n) is 15.9. The number of methoxy groups -OCH3 is 1. The molecular weight excluding hydrogens is 421 g/mol.